The number of carbonyl (C=O) groups is 2. The molecule has 0 aliphatic heterocycles. The second kappa shape index (κ2) is 9.36. The molecule has 1 N–H and O–H groups in total. The maximum atomic E-state index is 13.2. The number of hydrogen-bond donors (Lipinski definition) is 1. The van der Waals surface area contributed by atoms with Crippen LogP contribution in [-0.2, 0) is 22.6 Å². The summed E-state index contributed by atoms with van der Waals surface area (Å²) in [6, 6.07) is 13.6. The lowest BCUT2D eigenvalue weighted by molar-refractivity contribution is -0.140. The number of hydrogen-bond acceptors (Lipinski definition) is 2. The molecule has 0 bridgehead atoms. The molecule has 0 fully saturated rings. The molecule has 2 amide bonds. The molecule has 0 heterocycles. The highest BCUT2D eigenvalue weighted by molar-refractivity contribution is 5.88. The van der Waals surface area contributed by atoms with Gasteiger partial charge >= 0.3 is 0 Å². The fourth-order valence-electron chi connectivity index (χ4n) is 3.13. The average molecular weight is 367 g/mol. The van der Waals surface area contributed by atoms with Gasteiger partial charge in [-0.3, -0.25) is 9.59 Å². The van der Waals surface area contributed by atoms with Crippen molar-refractivity contribution in [2.45, 2.75) is 53.6 Å². The van der Waals surface area contributed by atoms with Gasteiger partial charge in [0.25, 0.3) is 0 Å². The van der Waals surface area contributed by atoms with Crippen molar-refractivity contribution >= 4 is 11.8 Å². The highest BCUT2D eigenvalue weighted by Gasteiger charge is 2.26. The standard InChI is InChI=1S/C23H30N2O2/c1-6-24-23(27)19(5)25(15-20-10-8-7-9-17(20)3)22(26)14-21-13-16(2)11-12-18(21)4/h7-13,19H,6,14-15H2,1-5H3,(H,24,27). The average Bonchev–Trinajstić information content (AvgIpc) is 2.63. The summed E-state index contributed by atoms with van der Waals surface area (Å²) < 4.78 is 0. The maximum absolute atomic E-state index is 13.2. The summed E-state index contributed by atoms with van der Waals surface area (Å²) >= 11 is 0. The van der Waals surface area contributed by atoms with Crippen molar-refractivity contribution in [2.75, 3.05) is 6.54 Å². The first-order valence-electron chi connectivity index (χ1n) is 9.51. The Morgan fingerprint density at radius 1 is 1.00 bits per heavy atom. The van der Waals surface area contributed by atoms with Gasteiger partial charge in [-0.25, -0.2) is 0 Å². The van der Waals surface area contributed by atoms with E-state index in [1.54, 1.807) is 11.8 Å². The van der Waals surface area contributed by atoms with Crippen LogP contribution in [0.25, 0.3) is 0 Å². The van der Waals surface area contributed by atoms with Gasteiger partial charge in [0.2, 0.25) is 11.8 Å². The van der Waals surface area contributed by atoms with Crippen LogP contribution < -0.4 is 5.32 Å². The molecule has 0 aromatic heterocycles. The first kappa shape index (κ1) is 20.7. The molecule has 4 heteroatoms. The Morgan fingerprint density at radius 3 is 2.33 bits per heavy atom. The van der Waals surface area contributed by atoms with Gasteiger partial charge in [0.1, 0.15) is 6.04 Å². The lowest BCUT2D eigenvalue weighted by Gasteiger charge is -2.29. The normalized spacial score (nSPS) is 11.7. The maximum Gasteiger partial charge on any atom is 0.242 e. The Bertz CT molecular complexity index is 814. The van der Waals surface area contributed by atoms with Crippen molar-refractivity contribution in [3.8, 4) is 0 Å². The number of benzene rings is 2. The third kappa shape index (κ3) is 5.43. The van der Waals surface area contributed by atoms with Crippen LogP contribution in [0.5, 0.6) is 0 Å². The SMILES string of the molecule is CCNC(=O)C(C)N(Cc1ccccc1C)C(=O)Cc1cc(C)ccc1C. The van der Waals surface area contributed by atoms with E-state index in [0.717, 1.165) is 27.8 Å². The lowest BCUT2D eigenvalue weighted by Crippen LogP contribution is -2.48. The number of nitrogens with one attached hydrogen (secondary N) is 1. The molecule has 2 rings (SSSR count). The van der Waals surface area contributed by atoms with Gasteiger partial charge in [-0.05, 0) is 56.9 Å². The van der Waals surface area contributed by atoms with Gasteiger partial charge in [-0.15, -0.1) is 0 Å². The predicted molar refractivity (Wildman–Crippen MR) is 109 cm³/mol. The summed E-state index contributed by atoms with van der Waals surface area (Å²) in [5.41, 5.74) is 5.41. The van der Waals surface area contributed by atoms with Gasteiger partial charge < -0.3 is 10.2 Å². The minimum absolute atomic E-state index is 0.0364. The van der Waals surface area contributed by atoms with E-state index in [1.807, 2.05) is 64.1 Å². The molecule has 27 heavy (non-hydrogen) atoms. The van der Waals surface area contributed by atoms with Gasteiger partial charge in [0, 0.05) is 13.1 Å². The molecular formula is C23H30N2O2. The Labute approximate surface area is 162 Å². The minimum atomic E-state index is -0.526. The van der Waals surface area contributed by atoms with Crippen molar-refractivity contribution < 1.29 is 9.59 Å². The summed E-state index contributed by atoms with van der Waals surface area (Å²) in [6.45, 7) is 10.7. The largest absolute Gasteiger partial charge is 0.355 e. The van der Waals surface area contributed by atoms with Crippen molar-refractivity contribution in [1.82, 2.24) is 10.2 Å². The molecule has 0 radical (unpaired) electrons. The van der Waals surface area contributed by atoms with E-state index in [-0.39, 0.29) is 11.8 Å². The third-order valence-electron chi connectivity index (χ3n) is 4.97. The monoisotopic (exact) mass is 366 g/mol. The molecule has 1 atom stereocenters. The minimum Gasteiger partial charge on any atom is -0.355 e. The van der Waals surface area contributed by atoms with Crippen LogP contribution in [0.1, 0.15) is 41.7 Å². The number of rotatable bonds is 7. The zero-order valence-corrected chi connectivity index (χ0v) is 17.0. The topological polar surface area (TPSA) is 49.4 Å². The van der Waals surface area contributed by atoms with Crippen molar-refractivity contribution in [3.05, 3.63) is 70.3 Å². The van der Waals surface area contributed by atoms with E-state index in [9.17, 15) is 9.59 Å². The van der Waals surface area contributed by atoms with Crippen LogP contribution in [-0.4, -0.2) is 29.3 Å². The molecule has 2 aromatic rings. The molecule has 144 valence electrons. The Hall–Kier alpha value is -2.62. The highest BCUT2D eigenvalue weighted by Crippen LogP contribution is 2.17. The molecule has 0 aliphatic rings. The smallest absolute Gasteiger partial charge is 0.242 e. The number of likely N-dealkylation sites (N-methyl/N-ethyl adjacent to an activating group) is 1. The van der Waals surface area contributed by atoms with E-state index in [2.05, 4.69) is 11.4 Å². The van der Waals surface area contributed by atoms with E-state index in [1.165, 1.54) is 0 Å². The molecule has 2 aromatic carbocycles. The predicted octanol–water partition coefficient (Wildman–Crippen LogP) is 3.71. The second-order valence-electron chi connectivity index (χ2n) is 7.13. The molecular weight excluding hydrogens is 336 g/mol. The zero-order chi connectivity index (χ0) is 20.0. The van der Waals surface area contributed by atoms with Gasteiger partial charge in [0.05, 0.1) is 6.42 Å². The summed E-state index contributed by atoms with van der Waals surface area (Å²) in [5, 5.41) is 2.83. The molecule has 1 unspecified atom stereocenters. The van der Waals surface area contributed by atoms with Crippen LogP contribution in [0.4, 0.5) is 0 Å². The summed E-state index contributed by atoms with van der Waals surface area (Å²) in [5.74, 6) is -0.161. The van der Waals surface area contributed by atoms with E-state index < -0.39 is 6.04 Å². The summed E-state index contributed by atoms with van der Waals surface area (Å²) in [6.07, 6.45) is 0.295. The zero-order valence-electron chi connectivity index (χ0n) is 17.0. The molecule has 0 saturated heterocycles. The van der Waals surface area contributed by atoms with Crippen LogP contribution in [0, 0.1) is 20.8 Å². The molecule has 4 nitrogen and oxygen atoms in total. The quantitative estimate of drug-likeness (QED) is 0.812. The Balaban J connectivity index is 2.30. The second-order valence-corrected chi connectivity index (χ2v) is 7.13. The molecule has 0 aliphatic carbocycles. The lowest BCUT2D eigenvalue weighted by atomic mass is 10.0. The van der Waals surface area contributed by atoms with Crippen LogP contribution in [0.2, 0.25) is 0 Å². The Morgan fingerprint density at radius 2 is 1.67 bits per heavy atom. The van der Waals surface area contributed by atoms with Gasteiger partial charge in [-0.2, -0.15) is 0 Å². The van der Waals surface area contributed by atoms with Crippen LogP contribution in [0.15, 0.2) is 42.5 Å². The van der Waals surface area contributed by atoms with Crippen molar-refractivity contribution in [2.24, 2.45) is 0 Å². The number of aryl methyl sites for hydroxylation is 3. The Kier molecular flexibility index (Phi) is 7.17. The summed E-state index contributed by atoms with van der Waals surface area (Å²) in [4.78, 5) is 27.3. The molecule has 0 spiro atoms. The number of amides is 2. The van der Waals surface area contributed by atoms with Crippen molar-refractivity contribution in [3.63, 3.8) is 0 Å². The van der Waals surface area contributed by atoms with Crippen LogP contribution >= 0.6 is 0 Å². The highest BCUT2D eigenvalue weighted by atomic mass is 16.2. The first-order valence-corrected chi connectivity index (χ1v) is 9.51. The van der Waals surface area contributed by atoms with Crippen LogP contribution in [0.3, 0.4) is 0 Å². The fraction of sp³-hybridized carbons (Fsp3) is 0.391. The third-order valence-corrected chi connectivity index (χ3v) is 4.97. The fourth-order valence-corrected chi connectivity index (χ4v) is 3.13. The molecule has 0 saturated carbocycles. The number of carbonyl (C=O) groups excluding carboxylic acids is 2. The first-order chi connectivity index (χ1) is 12.8. The van der Waals surface area contributed by atoms with Gasteiger partial charge in [-0.1, -0.05) is 48.0 Å². The van der Waals surface area contributed by atoms with Crippen molar-refractivity contribution in [1.29, 1.82) is 0 Å². The van der Waals surface area contributed by atoms with Gasteiger partial charge in [0.15, 0.2) is 0 Å². The number of nitrogens with zero attached hydrogens (tertiary/aromatic N) is 1. The van der Waals surface area contributed by atoms with E-state index in [0.29, 0.717) is 19.5 Å². The summed E-state index contributed by atoms with van der Waals surface area (Å²) in [7, 11) is 0. The van der Waals surface area contributed by atoms with E-state index >= 15 is 0 Å². The van der Waals surface area contributed by atoms with E-state index in [4.69, 9.17) is 0 Å².